The number of aromatic nitrogens is 3. The van der Waals surface area contributed by atoms with Gasteiger partial charge in [-0.1, -0.05) is 0 Å². The lowest BCUT2D eigenvalue weighted by molar-refractivity contribution is 0.0525. The maximum atomic E-state index is 11.9. The van der Waals surface area contributed by atoms with Crippen LogP contribution in [-0.4, -0.2) is 46.2 Å². The van der Waals surface area contributed by atoms with Crippen molar-refractivity contribution in [1.82, 2.24) is 19.5 Å². The number of ether oxygens (including phenoxy) is 1. The van der Waals surface area contributed by atoms with E-state index >= 15 is 0 Å². The Balaban J connectivity index is 2.55. The quantitative estimate of drug-likeness (QED) is 0.778. The smallest absolute Gasteiger partial charge is 0.341 e. The molecule has 6 nitrogen and oxygen atoms in total. The number of hydrogen-bond acceptors (Lipinski definition) is 5. The maximum Gasteiger partial charge on any atom is 0.341 e. The summed E-state index contributed by atoms with van der Waals surface area (Å²) in [6, 6.07) is 1.78. The largest absolute Gasteiger partial charge is 0.462 e. The van der Waals surface area contributed by atoms with Gasteiger partial charge in [-0.15, -0.1) is 0 Å². The summed E-state index contributed by atoms with van der Waals surface area (Å²) in [5.74, 6) is -0.397. The molecule has 19 heavy (non-hydrogen) atoms. The molecule has 6 heteroatoms. The monoisotopic (exact) mass is 260 g/mol. The van der Waals surface area contributed by atoms with Crippen molar-refractivity contribution in [1.29, 1.82) is 0 Å². The molecule has 0 saturated carbocycles. The Hall–Kier alpha value is -2.37. The van der Waals surface area contributed by atoms with Crippen LogP contribution in [0.15, 0.2) is 24.7 Å². The molecule has 100 valence electrons. The van der Waals surface area contributed by atoms with E-state index in [9.17, 15) is 4.79 Å². The molecule has 0 N–H and O–H groups in total. The van der Waals surface area contributed by atoms with Gasteiger partial charge < -0.3 is 9.64 Å². The Morgan fingerprint density at radius 1 is 1.53 bits per heavy atom. The van der Waals surface area contributed by atoms with Gasteiger partial charge in [-0.2, -0.15) is 5.10 Å². The minimum atomic E-state index is -0.397. The number of esters is 1. The molecule has 0 bridgehead atoms. The molecule has 0 aliphatic heterocycles. The molecule has 2 aromatic heterocycles. The van der Waals surface area contributed by atoms with Gasteiger partial charge in [0.15, 0.2) is 5.65 Å². The minimum absolute atomic E-state index is 0.326. The molecule has 0 aliphatic carbocycles. The molecule has 2 aromatic rings. The molecule has 0 amide bonds. The molecule has 0 radical (unpaired) electrons. The minimum Gasteiger partial charge on any atom is -0.462 e. The average molecular weight is 260 g/mol. The third-order valence-corrected chi connectivity index (χ3v) is 2.48. The Bertz CT molecular complexity index is 616. The molecule has 2 heterocycles. The number of hydrogen-bond donors (Lipinski definition) is 0. The summed E-state index contributed by atoms with van der Waals surface area (Å²) >= 11 is 0. The Labute approximate surface area is 111 Å². The molecule has 0 fully saturated rings. The van der Waals surface area contributed by atoms with Crippen molar-refractivity contribution in [3.63, 3.8) is 0 Å². The van der Waals surface area contributed by atoms with Crippen molar-refractivity contribution in [3.05, 3.63) is 35.9 Å². The molecule has 0 atom stereocenters. The van der Waals surface area contributed by atoms with Crippen LogP contribution in [0.25, 0.3) is 11.7 Å². The Kier molecular flexibility index (Phi) is 3.79. The molecular formula is C13H16N4O2. The summed E-state index contributed by atoms with van der Waals surface area (Å²) < 4.78 is 6.65. The highest BCUT2D eigenvalue weighted by atomic mass is 16.5. The van der Waals surface area contributed by atoms with E-state index in [0.717, 1.165) is 0 Å². The second-order valence-corrected chi connectivity index (χ2v) is 4.16. The normalized spacial score (nSPS) is 11.1. The van der Waals surface area contributed by atoms with Crippen molar-refractivity contribution in [2.24, 2.45) is 0 Å². The van der Waals surface area contributed by atoms with Crippen molar-refractivity contribution in [2.75, 3.05) is 20.7 Å². The van der Waals surface area contributed by atoms with E-state index < -0.39 is 5.97 Å². The van der Waals surface area contributed by atoms with E-state index in [4.69, 9.17) is 4.74 Å². The van der Waals surface area contributed by atoms with Crippen LogP contribution < -0.4 is 0 Å². The van der Waals surface area contributed by atoms with Crippen molar-refractivity contribution < 1.29 is 9.53 Å². The van der Waals surface area contributed by atoms with Crippen molar-refractivity contribution >= 4 is 17.7 Å². The summed E-state index contributed by atoms with van der Waals surface area (Å²) in [4.78, 5) is 18.0. The van der Waals surface area contributed by atoms with E-state index in [-0.39, 0.29) is 0 Å². The van der Waals surface area contributed by atoms with Gasteiger partial charge in [0.05, 0.1) is 18.5 Å². The van der Waals surface area contributed by atoms with Gasteiger partial charge in [0.2, 0.25) is 0 Å². The molecular weight excluding hydrogens is 244 g/mol. The van der Waals surface area contributed by atoms with Crippen LogP contribution in [0.2, 0.25) is 0 Å². The van der Waals surface area contributed by atoms with Crippen LogP contribution in [0.4, 0.5) is 0 Å². The topological polar surface area (TPSA) is 59.7 Å². The van der Waals surface area contributed by atoms with Gasteiger partial charge in [-0.3, -0.25) is 0 Å². The second-order valence-electron chi connectivity index (χ2n) is 4.16. The van der Waals surface area contributed by atoms with Crippen LogP contribution in [0.5, 0.6) is 0 Å². The van der Waals surface area contributed by atoms with E-state index in [1.807, 2.05) is 31.3 Å². The lowest BCUT2D eigenvalue weighted by Gasteiger charge is -2.09. The molecule has 0 spiro atoms. The third kappa shape index (κ3) is 2.73. The second kappa shape index (κ2) is 5.51. The number of carbonyl (C=O) groups is 1. The zero-order valence-corrected chi connectivity index (χ0v) is 11.2. The zero-order chi connectivity index (χ0) is 13.8. The summed E-state index contributed by atoms with van der Waals surface area (Å²) in [5.41, 5.74) is 1.74. The summed E-state index contributed by atoms with van der Waals surface area (Å²) in [6.07, 6.45) is 6.82. The van der Waals surface area contributed by atoms with Gasteiger partial charge in [0.25, 0.3) is 0 Å². The maximum absolute atomic E-state index is 11.9. The van der Waals surface area contributed by atoms with Crippen molar-refractivity contribution in [3.8, 4) is 0 Å². The van der Waals surface area contributed by atoms with Gasteiger partial charge in [0.1, 0.15) is 5.56 Å². The zero-order valence-electron chi connectivity index (χ0n) is 11.2. The van der Waals surface area contributed by atoms with E-state index in [2.05, 4.69) is 10.1 Å². The van der Waals surface area contributed by atoms with Gasteiger partial charge in [-0.25, -0.2) is 14.3 Å². The molecule has 0 aromatic carbocycles. The predicted octanol–water partition coefficient (Wildman–Crippen LogP) is 1.44. The van der Waals surface area contributed by atoms with Crippen LogP contribution in [0.3, 0.4) is 0 Å². The first-order valence-corrected chi connectivity index (χ1v) is 5.98. The highest BCUT2D eigenvalue weighted by molar-refractivity contribution is 5.93. The third-order valence-electron chi connectivity index (χ3n) is 2.48. The first kappa shape index (κ1) is 13.1. The van der Waals surface area contributed by atoms with Crippen LogP contribution in [0, 0.1) is 0 Å². The lowest BCUT2D eigenvalue weighted by Crippen LogP contribution is -2.11. The fourth-order valence-electron chi connectivity index (χ4n) is 1.64. The van der Waals surface area contributed by atoms with Gasteiger partial charge in [0, 0.05) is 32.6 Å². The summed E-state index contributed by atoms with van der Waals surface area (Å²) in [5, 5.41) is 4.18. The number of carbonyl (C=O) groups excluding carboxylic acids is 1. The predicted molar refractivity (Wildman–Crippen MR) is 71.7 cm³/mol. The molecule has 2 rings (SSSR count). The number of fused-ring (bicyclic) bond motifs is 1. The molecule has 0 aliphatic rings. The first-order valence-electron chi connectivity index (χ1n) is 5.98. The lowest BCUT2D eigenvalue weighted by atomic mass is 10.2. The fourth-order valence-corrected chi connectivity index (χ4v) is 1.64. The Morgan fingerprint density at radius 2 is 2.32 bits per heavy atom. The summed E-state index contributed by atoms with van der Waals surface area (Å²) in [7, 11) is 3.81. The SMILES string of the molecule is CCOC(=O)c1cnc2ccnn2c1C=CN(C)C. The van der Waals surface area contributed by atoms with E-state index in [1.165, 1.54) is 6.20 Å². The van der Waals surface area contributed by atoms with E-state index in [0.29, 0.717) is 23.5 Å². The fraction of sp³-hybridized carbons (Fsp3) is 0.308. The number of nitrogens with zero attached hydrogens (tertiary/aromatic N) is 4. The molecule has 0 unspecified atom stereocenters. The van der Waals surface area contributed by atoms with Crippen LogP contribution in [0.1, 0.15) is 23.0 Å². The van der Waals surface area contributed by atoms with Crippen molar-refractivity contribution in [2.45, 2.75) is 6.92 Å². The van der Waals surface area contributed by atoms with Crippen LogP contribution >= 0.6 is 0 Å². The Morgan fingerprint density at radius 3 is 3.00 bits per heavy atom. The van der Waals surface area contributed by atoms with Gasteiger partial charge in [-0.05, 0) is 13.0 Å². The highest BCUT2D eigenvalue weighted by Gasteiger charge is 2.15. The highest BCUT2D eigenvalue weighted by Crippen LogP contribution is 2.13. The first-order chi connectivity index (χ1) is 9.13. The van der Waals surface area contributed by atoms with Gasteiger partial charge >= 0.3 is 5.97 Å². The molecule has 0 saturated heterocycles. The van der Waals surface area contributed by atoms with E-state index in [1.54, 1.807) is 23.7 Å². The number of rotatable bonds is 4. The van der Waals surface area contributed by atoms with Crippen LogP contribution in [-0.2, 0) is 4.74 Å². The average Bonchev–Trinajstić information content (AvgIpc) is 2.84. The summed E-state index contributed by atoms with van der Waals surface area (Å²) in [6.45, 7) is 2.10. The standard InChI is InChI=1S/C13H16N4O2/c1-4-19-13(18)10-9-14-12-5-7-15-17(12)11(10)6-8-16(2)3/h5-9H,4H2,1-3H3.